The fourth-order valence-corrected chi connectivity index (χ4v) is 3.75. The number of nitriles is 1. The highest BCUT2D eigenvalue weighted by Gasteiger charge is 2.41. The zero-order valence-corrected chi connectivity index (χ0v) is 12.4. The maximum atomic E-state index is 13.7. The molecule has 0 saturated heterocycles. The molecule has 108 valence electrons. The molecule has 3 heteroatoms. The largest absolute Gasteiger partial charge is 0.388 e. The van der Waals surface area contributed by atoms with Gasteiger partial charge in [-0.25, -0.2) is 4.39 Å². The van der Waals surface area contributed by atoms with Crippen LogP contribution in [0, 0.1) is 34.4 Å². The number of hydrogen-bond acceptors (Lipinski definition) is 2. The predicted octanol–water partition coefficient (Wildman–Crippen LogP) is 4.19. The highest BCUT2D eigenvalue weighted by molar-refractivity contribution is 5.34. The summed E-state index contributed by atoms with van der Waals surface area (Å²) in [4.78, 5) is 0. The molecule has 3 atom stereocenters. The van der Waals surface area contributed by atoms with Crippen molar-refractivity contribution in [2.24, 2.45) is 17.3 Å². The van der Waals surface area contributed by atoms with E-state index in [9.17, 15) is 9.50 Å². The Bertz CT molecular complexity index is 532. The van der Waals surface area contributed by atoms with E-state index in [4.69, 9.17) is 5.26 Å². The van der Waals surface area contributed by atoms with Gasteiger partial charge in [0.05, 0.1) is 11.7 Å². The summed E-state index contributed by atoms with van der Waals surface area (Å²) in [6, 6.07) is 6.24. The van der Waals surface area contributed by atoms with Crippen LogP contribution in [0.25, 0.3) is 0 Å². The number of hydrogen-bond donors (Lipinski definition) is 1. The molecule has 1 aromatic carbocycles. The lowest BCUT2D eigenvalue weighted by Crippen LogP contribution is -2.37. The summed E-state index contributed by atoms with van der Waals surface area (Å²) in [6.07, 6.45) is 2.68. The molecule has 20 heavy (non-hydrogen) atoms. The van der Waals surface area contributed by atoms with Gasteiger partial charge in [-0.15, -0.1) is 0 Å². The van der Waals surface area contributed by atoms with Gasteiger partial charge in [0.15, 0.2) is 0 Å². The first-order chi connectivity index (χ1) is 9.36. The normalized spacial score (nSPS) is 26.8. The molecule has 0 bridgehead atoms. The molecule has 1 aliphatic rings. The molecule has 0 spiro atoms. The topological polar surface area (TPSA) is 44.0 Å². The van der Waals surface area contributed by atoms with E-state index < -0.39 is 11.9 Å². The SMILES string of the molecule is C[C@H]1CCCC(C)(C)[C@@H]1C(O)c1ccc(C#N)c(F)c1. The van der Waals surface area contributed by atoms with E-state index in [0.717, 1.165) is 12.8 Å². The Morgan fingerprint density at radius 2 is 2.15 bits per heavy atom. The molecule has 1 unspecified atom stereocenters. The molecule has 1 aliphatic carbocycles. The minimum atomic E-state index is -0.678. The van der Waals surface area contributed by atoms with Crippen LogP contribution in [0.4, 0.5) is 4.39 Å². The summed E-state index contributed by atoms with van der Waals surface area (Å²) in [7, 11) is 0. The van der Waals surface area contributed by atoms with Crippen molar-refractivity contribution in [3.05, 3.63) is 35.1 Å². The van der Waals surface area contributed by atoms with Crippen molar-refractivity contribution in [2.75, 3.05) is 0 Å². The van der Waals surface area contributed by atoms with E-state index in [-0.39, 0.29) is 16.9 Å². The zero-order valence-electron chi connectivity index (χ0n) is 12.4. The second-order valence-electron chi connectivity index (χ2n) is 6.68. The molecular weight excluding hydrogens is 253 g/mol. The van der Waals surface area contributed by atoms with Crippen LogP contribution in [0.2, 0.25) is 0 Å². The molecule has 0 amide bonds. The van der Waals surface area contributed by atoms with E-state index in [1.807, 2.05) is 6.07 Å². The number of rotatable bonds is 2. The van der Waals surface area contributed by atoms with Gasteiger partial charge in [0.25, 0.3) is 0 Å². The minimum absolute atomic E-state index is 0.0249. The molecule has 1 aromatic rings. The Morgan fingerprint density at radius 3 is 2.70 bits per heavy atom. The highest BCUT2D eigenvalue weighted by Crippen LogP contribution is 2.49. The minimum Gasteiger partial charge on any atom is -0.388 e. The van der Waals surface area contributed by atoms with Crippen molar-refractivity contribution in [1.29, 1.82) is 5.26 Å². The fraction of sp³-hybridized carbons (Fsp3) is 0.588. The molecule has 1 saturated carbocycles. The average Bonchev–Trinajstić information content (AvgIpc) is 2.37. The lowest BCUT2D eigenvalue weighted by atomic mass is 9.61. The van der Waals surface area contributed by atoms with Gasteiger partial charge in [-0.1, -0.05) is 39.7 Å². The number of aliphatic hydroxyl groups is 1. The van der Waals surface area contributed by atoms with E-state index in [1.165, 1.54) is 18.6 Å². The third-order valence-electron chi connectivity index (χ3n) is 4.79. The van der Waals surface area contributed by atoms with E-state index >= 15 is 0 Å². The van der Waals surface area contributed by atoms with Crippen LogP contribution in [0.3, 0.4) is 0 Å². The third-order valence-corrected chi connectivity index (χ3v) is 4.79. The van der Waals surface area contributed by atoms with Gasteiger partial charge in [0.2, 0.25) is 0 Å². The molecule has 0 aliphatic heterocycles. The summed E-state index contributed by atoms with van der Waals surface area (Å²) in [5, 5.41) is 19.5. The molecule has 1 N–H and O–H groups in total. The van der Waals surface area contributed by atoms with Gasteiger partial charge in [-0.2, -0.15) is 5.26 Å². The standard InChI is InChI=1S/C17H22FNO/c1-11-5-4-8-17(2,3)15(11)16(20)12-6-7-13(10-19)14(18)9-12/h6-7,9,11,15-16,20H,4-5,8H2,1-3H3/t11-,15-,16?/m0/s1. The number of halogens is 1. The molecule has 2 nitrogen and oxygen atoms in total. The number of aliphatic hydroxyl groups excluding tert-OH is 1. The second kappa shape index (κ2) is 5.54. The maximum Gasteiger partial charge on any atom is 0.141 e. The van der Waals surface area contributed by atoms with Crippen LogP contribution in [0.15, 0.2) is 18.2 Å². The highest BCUT2D eigenvalue weighted by atomic mass is 19.1. The van der Waals surface area contributed by atoms with Gasteiger partial charge in [0, 0.05) is 0 Å². The molecule has 2 rings (SSSR count). The summed E-state index contributed by atoms with van der Waals surface area (Å²) in [5.74, 6) is -0.0265. The Labute approximate surface area is 120 Å². The maximum absolute atomic E-state index is 13.7. The second-order valence-corrected chi connectivity index (χ2v) is 6.68. The molecule has 0 heterocycles. The van der Waals surface area contributed by atoms with Gasteiger partial charge in [0.1, 0.15) is 11.9 Å². The van der Waals surface area contributed by atoms with Gasteiger partial charge >= 0.3 is 0 Å². The van der Waals surface area contributed by atoms with Crippen LogP contribution in [-0.2, 0) is 0 Å². The van der Waals surface area contributed by atoms with Gasteiger partial charge in [-0.3, -0.25) is 0 Å². The Hall–Kier alpha value is -1.40. The first-order valence-electron chi connectivity index (χ1n) is 7.24. The number of nitrogens with zero attached hydrogens (tertiary/aromatic N) is 1. The fourth-order valence-electron chi connectivity index (χ4n) is 3.75. The summed E-state index contributed by atoms with van der Waals surface area (Å²) < 4.78 is 13.7. The lowest BCUT2D eigenvalue weighted by molar-refractivity contribution is -0.0294. The van der Waals surface area contributed by atoms with Crippen molar-refractivity contribution >= 4 is 0 Å². The monoisotopic (exact) mass is 275 g/mol. The van der Waals surface area contributed by atoms with Crippen LogP contribution in [-0.4, -0.2) is 5.11 Å². The van der Waals surface area contributed by atoms with Crippen LogP contribution < -0.4 is 0 Å². The van der Waals surface area contributed by atoms with E-state index in [2.05, 4.69) is 20.8 Å². The average molecular weight is 275 g/mol. The van der Waals surface area contributed by atoms with Crippen LogP contribution >= 0.6 is 0 Å². The van der Waals surface area contributed by atoms with Crippen LogP contribution in [0.1, 0.15) is 57.3 Å². The number of benzene rings is 1. The quantitative estimate of drug-likeness (QED) is 0.879. The Balaban J connectivity index is 2.32. The lowest BCUT2D eigenvalue weighted by Gasteiger charge is -2.45. The van der Waals surface area contributed by atoms with Crippen molar-refractivity contribution in [2.45, 2.75) is 46.1 Å². The predicted molar refractivity (Wildman–Crippen MR) is 76.4 cm³/mol. The van der Waals surface area contributed by atoms with Crippen molar-refractivity contribution < 1.29 is 9.50 Å². The molecule has 0 radical (unpaired) electrons. The third kappa shape index (κ3) is 2.71. The Kier molecular flexibility index (Phi) is 4.15. The first-order valence-corrected chi connectivity index (χ1v) is 7.24. The summed E-state index contributed by atoms with van der Waals surface area (Å²) in [5.41, 5.74) is 0.645. The molecular formula is C17H22FNO. The smallest absolute Gasteiger partial charge is 0.141 e. The van der Waals surface area contributed by atoms with Crippen molar-refractivity contribution in [3.63, 3.8) is 0 Å². The van der Waals surface area contributed by atoms with E-state index in [1.54, 1.807) is 6.07 Å². The van der Waals surface area contributed by atoms with E-state index in [0.29, 0.717) is 11.5 Å². The zero-order chi connectivity index (χ0) is 14.9. The summed E-state index contributed by atoms with van der Waals surface area (Å²) in [6.45, 7) is 6.52. The first kappa shape index (κ1) is 15.0. The molecule has 0 aromatic heterocycles. The van der Waals surface area contributed by atoms with Gasteiger partial charge in [-0.05, 0) is 41.4 Å². The molecule has 1 fully saturated rings. The van der Waals surface area contributed by atoms with Crippen molar-refractivity contribution in [1.82, 2.24) is 0 Å². The van der Waals surface area contributed by atoms with Gasteiger partial charge < -0.3 is 5.11 Å². The Morgan fingerprint density at radius 1 is 1.45 bits per heavy atom. The van der Waals surface area contributed by atoms with Crippen molar-refractivity contribution in [3.8, 4) is 6.07 Å². The van der Waals surface area contributed by atoms with Crippen LogP contribution in [0.5, 0.6) is 0 Å². The summed E-state index contributed by atoms with van der Waals surface area (Å²) >= 11 is 0.